The van der Waals surface area contributed by atoms with Gasteiger partial charge in [0.05, 0.1) is 5.75 Å². The van der Waals surface area contributed by atoms with Crippen LogP contribution in [0, 0.1) is 0 Å². The third-order valence-electron chi connectivity index (χ3n) is 3.23. The van der Waals surface area contributed by atoms with Crippen LogP contribution in [0.2, 0.25) is 0 Å². The summed E-state index contributed by atoms with van der Waals surface area (Å²) in [4.78, 5) is 0. The number of rotatable bonds is 9. The fraction of sp³-hybridized carbons (Fsp3) is 0.600. The largest absolute Gasteiger partial charge is 0.492 e. The molecule has 0 fully saturated rings. The second-order valence-electron chi connectivity index (χ2n) is 4.94. The van der Waals surface area contributed by atoms with E-state index in [1.807, 2.05) is 18.2 Å². The molecular formula is C15H24BrNO3S. The van der Waals surface area contributed by atoms with Crippen LogP contribution in [-0.4, -0.2) is 33.1 Å². The third kappa shape index (κ3) is 6.36. The molecule has 1 aromatic rings. The fourth-order valence-corrected chi connectivity index (χ4v) is 2.89. The van der Waals surface area contributed by atoms with Gasteiger partial charge in [-0.25, -0.2) is 8.42 Å². The lowest BCUT2D eigenvalue weighted by Crippen LogP contribution is -2.21. The van der Waals surface area contributed by atoms with Crippen LogP contribution < -0.4 is 10.1 Å². The maximum Gasteiger partial charge on any atom is 0.153 e. The molecule has 1 unspecified atom stereocenters. The average Bonchev–Trinajstić information content (AvgIpc) is 2.46. The van der Waals surface area contributed by atoms with Gasteiger partial charge in [0.25, 0.3) is 0 Å². The van der Waals surface area contributed by atoms with E-state index in [-0.39, 0.29) is 24.2 Å². The standard InChI is InChI=1S/C15H24BrNO3S/c1-4-8-17-12(3)14-11-13(16)6-7-15(14)20-9-10-21(18,19)5-2/h6-7,11-12,17H,4-5,8-10H2,1-3H3. The molecule has 21 heavy (non-hydrogen) atoms. The number of benzene rings is 1. The highest BCUT2D eigenvalue weighted by Crippen LogP contribution is 2.28. The Kier molecular flexibility index (Phi) is 7.70. The van der Waals surface area contributed by atoms with Gasteiger partial charge in [-0.3, -0.25) is 0 Å². The van der Waals surface area contributed by atoms with Crippen molar-refractivity contribution in [3.05, 3.63) is 28.2 Å². The van der Waals surface area contributed by atoms with Gasteiger partial charge >= 0.3 is 0 Å². The molecule has 0 amide bonds. The van der Waals surface area contributed by atoms with E-state index in [1.54, 1.807) is 6.92 Å². The average molecular weight is 378 g/mol. The molecule has 4 nitrogen and oxygen atoms in total. The van der Waals surface area contributed by atoms with Crippen LogP contribution in [0.4, 0.5) is 0 Å². The summed E-state index contributed by atoms with van der Waals surface area (Å²) in [7, 11) is -2.99. The van der Waals surface area contributed by atoms with Crippen molar-refractivity contribution < 1.29 is 13.2 Å². The molecule has 0 aliphatic carbocycles. The Balaban J connectivity index is 2.77. The minimum absolute atomic E-state index is 0.0514. The van der Waals surface area contributed by atoms with E-state index >= 15 is 0 Å². The number of hydrogen-bond acceptors (Lipinski definition) is 4. The van der Waals surface area contributed by atoms with Crippen LogP contribution in [0.3, 0.4) is 0 Å². The van der Waals surface area contributed by atoms with Crippen LogP contribution in [0.15, 0.2) is 22.7 Å². The summed E-state index contributed by atoms with van der Waals surface area (Å²) in [6.45, 7) is 6.96. The highest BCUT2D eigenvalue weighted by molar-refractivity contribution is 9.10. The van der Waals surface area contributed by atoms with Crippen molar-refractivity contribution in [1.29, 1.82) is 0 Å². The van der Waals surface area contributed by atoms with Crippen molar-refractivity contribution in [2.75, 3.05) is 24.7 Å². The zero-order chi connectivity index (χ0) is 15.9. The van der Waals surface area contributed by atoms with Gasteiger partial charge in [-0.2, -0.15) is 0 Å². The summed E-state index contributed by atoms with van der Waals surface area (Å²) in [5.41, 5.74) is 1.03. The molecule has 1 atom stereocenters. The van der Waals surface area contributed by atoms with Crippen LogP contribution >= 0.6 is 15.9 Å². The number of ether oxygens (including phenoxy) is 1. The lowest BCUT2D eigenvalue weighted by atomic mass is 10.1. The Morgan fingerprint density at radius 1 is 1.33 bits per heavy atom. The summed E-state index contributed by atoms with van der Waals surface area (Å²) >= 11 is 3.46. The number of halogens is 1. The lowest BCUT2D eigenvalue weighted by molar-refractivity contribution is 0.333. The predicted molar refractivity (Wildman–Crippen MR) is 90.7 cm³/mol. The second kappa shape index (κ2) is 8.76. The Bertz CT molecular complexity index is 546. The summed E-state index contributed by atoms with van der Waals surface area (Å²) in [6.07, 6.45) is 1.06. The maximum atomic E-state index is 11.5. The minimum atomic E-state index is -2.99. The molecule has 6 heteroatoms. The van der Waals surface area contributed by atoms with Gasteiger partial charge in [-0.15, -0.1) is 0 Å². The first-order valence-corrected chi connectivity index (χ1v) is 9.87. The topological polar surface area (TPSA) is 55.4 Å². The molecule has 0 heterocycles. The van der Waals surface area contributed by atoms with Crippen molar-refractivity contribution in [3.63, 3.8) is 0 Å². The SMILES string of the molecule is CCCNC(C)c1cc(Br)ccc1OCCS(=O)(=O)CC. The zero-order valence-electron chi connectivity index (χ0n) is 12.9. The summed E-state index contributed by atoms with van der Waals surface area (Å²) in [6, 6.07) is 5.94. The van der Waals surface area contributed by atoms with Crippen molar-refractivity contribution in [2.45, 2.75) is 33.2 Å². The molecule has 0 radical (unpaired) electrons. The smallest absolute Gasteiger partial charge is 0.153 e. The molecule has 0 aliphatic heterocycles. The first-order chi connectivity index (χ1) is 9.89. The van der Waals surface area contributed by atoms with E-state index < -0.39 is 9.84 Å². The zero-order valence-corrected chi connectivity index (χ0v) is 15.3. The van der Waals surface area contributed by atoms with Gasteiger partial charge in [0.15, 0.2) is 9.84 Å². The molecule has 1 rings (SSSR count). The quantitative estimate of drug-likeness (QED) is 0.716. The molecule has 1 aromatic carbocycles. The molecule has 0 spiro atoms. The highest BCUT2D eigenvalue weighted by Gasteiger charge is 2.13. The first kappa shape index (κ1) is 18.5. The number of nitrogens with one attached hydrogen (secondary N) is 1. The van der Waals surface area contributed by atoms with Gasteiger partial charge in [-0.1, -0.05) is 29.8 Å². The second-order valence-corrected chi connectivity index (χ2v) is 8.33. The van der Waals surface area contributed by atoms with E-state index in [0.29, 0.717) is 0 Å². The minimum Gasteiger partial charge on any atom is -0.492 e. The molecule has 120 valence electrons. The predicted octanol–water partition coefficient (Wildman–Crippen LogP) is 3.32. The van der Waals surface area contributed by atoms with E-state index in [9.17, 15) is 8.42 Å². The van der Waals surface area contributed by atoms with Gasteiger partial charge in [0.2, 0.25) is 0 Å². The Morgan fingerprint density at radius 3 is 2.67 bits per heavy atom. The molecular weight excluding hydrogens is 354 g/mol. The van der Waals surface area contributed by atoms with E-state index in [4.69, 9.17) is 4.74 Å². The van der Waals surface area contributed by atoms with Gasteiger partial charge in [-0.05, 0) is 38.1 Å². The Labute approximate surface area is 136 Å². The molecule has 0 bridgehead atoms. The third-order valence-corrected chi connectivity index (χ3v) is 5.39. The van der Waals surface area contributed by atoms with Gasteiger partial charge in [0.1, 0.15) is 12.4 Å². The maximum absolute atomic E-state index is 11.5. The van der Waals surface area contributed by atoms with E-state index in [2.05, 4.69) is 35.1 Å². The van der Waals surface area contributed by atoms with Gasteiger partial charge < -0.3 is 10.1 Å². The molecule has 0 aromatic heterocycles. The Hall–Kier alpha value is -0.590. The lowest BCUT2D eigenvalue weighted by Gasteiger charge is -2.18. The van der Waals surface area contributed by atoms with E-state index in [1.165, 1.54) is 0 Å². The summed E-state index contributed by atoms with van der Waals surface area (Å²) in [5, 5.41) is 3.41. The summed E-state index contributed by atoms with van der Waals surface area (Å²) < 4.78 is 29.7. The normalized spacial score (nSPS) is 13.1. The van der Waals surface area contributed by atoms with Crippen LogP contribution in [-0.2, 0) is 9.84 Å². The van der Waals surface area contributed by atoms with Crippen LogP contribution in [0.5, 0.6) is 5.75 Å². The fourth-order valence-electron chi connectivity index (χ4n) is 1.88. The number of hydrogen-bond donors (Lipinski definition) is 1. The first-order valence-electron chi connectivity index (χ1n) is 7.25. The van der Waals surface area contributed by atoms with Crippen LogP contribution in [0.1, 0.15) is 38.8 Å². The van der Waals surface area contributed by atoms with Crippen molar-refractivity contribution in [2.24, 2.45) is 0 Å². The van der Waals surface area contributed by atoms with Crippen molar-refractivity contribution in [1.82, 2.24) is 5.32 Å². The molecule has 0 aliphatic rings. The van der Waals surface area contributed by atoms with Crippen LogP contribution in [0.25, 0.3) is 0 Å². The van der Waals surface area contributed by atoms with E-state index in [0.717, 1.165) is 28.8 Å². The van der Waals surface area contributed by atoms with Crippen molar-refractivity contribution in [3.8, 4) is 5.75 Å². The molecule has 0 saturated heterocycles. The van der Waals surface area contributed by atoms with Gasteiger partial charge in [0, 0.05) is 21.8 Å². The Morgan fingerprint density at radius 2 is 2.05 bits per heavy atom. The molecule has 0 saturated carbocycles. The molecule has 1 N–H and O–H groups in total. The summed E-state index contributed by atoms with van der Waals surface area (Å²) in [5.74, 6) is 0.939. The number of sulfone groups is 1. The highest BCUT2D eigenvalue weighted by atomic mass is 79.9. The van der Waals surface area contributed by atoms with Crippen molar-refractivity contribution >= 4 is 25.8 Å². The monoisotopic (exact) mass is 377 g/mol.